The van der Waals surface area contributed by atoms with Gasteiger partial charge in [-0.05, 0) is 36.4 Å². The molecule has 1 aromatic heterocycles. The van der Waals surface area contributed by atoms with Crippen LogP contribution in [-0.4, -0.2) is 47.2 Å². The van der Waals surface area contributed by atoms with Crippen molar-refractivity contribution in [2.75, 3.05) is 26.0 Å². The third kappa shape index (κ3) is 4.60. The van der Waals surface area contributed by atoms with E-state index in [0.717, 1.165) is 27.8 Å². The molecular formula is C25H23ClN4O2. The zero-order valence-electron chi connectivity index (χ0n) is 17.8. The molecule has 0 aliphatic heterocycles. The molecule has 3 aromatic carbocycles. The summed E-state index contributed by atoms with van der Waals surface area (Å²) in [5.41, 5.74) is 4.40. The number of anilines is 1. The predicted molar refractivity (Wildman–Crippen MR) is 130 cm³/mol. The number of hydrogen-bond donors (Lipinski definition) is 3. The zero-order valence-corrected chi connectivity index (χ0v) is 18.5. The Balaban J connectivity index is 1.73. The van der Waals surface area contributed by atoms with Crippen LogP contribution in [0.15, 0.2) is 77.8 Å². The minimum atomic E-state index is -0.00613. The smallest absolute Gasteiger partial charge is 0.241 e. The van der Waals surface area contributed by atoms with Crippen molar-refractivity contribution in [1.82, 2.24) is 9.88 Å². The third-order valence-corrected chi connectivity index (χ3v) is 5.31. The van der Waals surface area contributed by atoms with Gasteiger partial charge in [0.2, 0.25) is 5.91 Å². The largest absolute Gasteiger partial charge is 0.494 e. The van der Waals surface area contributed by atoms with Crippen LogP contribution in [0, 0.1) is 0 Å². The Labute approximate surface area is 191 Å². The average Bonchev–Trinajstić information content (AvgIpc) is 3.11. The molecule has 3 N–H and O–H groups in total. The maximum Gasteiger partial charge on any atom is 0.241 e. The summed E-state index contributed by atoms with van der Waals surface area (Å²) in [7, 11) is 3.45. The molecule has 32 heavy (non-hydrogen) atoms. The number of carbonyl (C=O) groups excluding carboxylic acids is 1. The summed E-state index contributed by atoms with van der Waals surface area (Å²) in [6.45, 7) is 0.219. The van der Waals surface area contributed by atoms with Gasteiger partial charge in [0.05, 0.1) is 29.0 Å². The highest BCUT2D eigenvalue weighted by Gasteiger charge is 2.18. The number of halogens is 1. The Morgan fingerprint density at radius 3 is 2.47 bits per heavy atom. The lowest BCUT2D eigenvalue weighted by molar-refractivity contribution is -0.126. The van der Waals surface area contributed by atoms with Crippen LogP contribution in [-0.2, 0) is 4.79 Å². The summed E-state index contributed by atoms with van der Waals surface area (Å²) in [5.74, 6) is 0.0266. The van der Waals surface area contributed by atoms with E-state index in [1.165, 1.54) is 0 Å². The average molecular weight is 447 g/mol. The highest BCUT2D eigenvalue weighted by Crippen LogP contribution is 2.33. The Hall–Kier alpha value is -3.77. The van der Waals surface area contributed by atoms with Crippen molar-refractivity contribution in [1.29, 1.82) is 0 Å². The fourth-order valence-corrected chi connectivity index (χ4v) is 3.55. The number of hydrogen-bond acceptors (Lipinski definition) is 4. The summed E-state index contributed by atoms with van der Waals surface area (Å²) in [6, 6.07) is 22.6. The van der Waals surface area contributed by atoms with Gasteiger partial charge in [0, 0.05) is 35.8 Å². The summed E-state index contributed by atoms with van der Waals surface area (Å²) >= 11 is 6.12. The summed E-state index contributed by atoms with van der Waals surface area (Å²) < 4.78 is 0. The normalized spacial score (nSPS) is 11.5. The van der Waals surface area contributed by atoms with E-state index in [1.54, 1.807) is 31.1 Å². The monoisotopic (exact) mass is 446 g/mol. The molecule has 0 fully saturated rings. The topological polar surface area (TPSA) is 80.7 Å². The van der Waals surface area contributed by atoms with Gasteiger partial charge in [-0.3, -0.25) is 4.79 Å². The van der Waals surface area contributed by atoms with Crippen molar-refractivity contribution in [2.45, 2.75) is 0 Å². The van der Waals surface area contributed by atoms with Gasteiger partial charge in [-0.25, -0.2) is 4.99 Å². The minimum Gasteiger partial charge on any atom is -0.494 e. The van der Waals surface area contributed by atoms with Crippen molar-refractivity contribution in [3.05, 3.63) is 88.9 Å². The molecule has 6 nitrogen and oxygen atoms in total. The van der Waals surface area contributed by atoms with E-state index in [4.69, 9.17) is 16.6 Å². The number of carbonyl (C=O) groups is 1. The van der Waals surface area contributed by atoms with Gasteiger partial charge in [-0.2, -0.15) is 0 Å². The number of benzene rings is 3. The summed E-state index contributed by atoms with van der Waals surface area (Å²) in [6.07, 6.45) is 0. The van der Waals surface area contributed by atoms with Gasteiger partial charge in [-0.1, -0.05) is 48.0 Å². The number of nitrogens with one attached hydrogen (secondary N) is 2. The van der Waals surface area contributed by atoms with Crippen molar-refractivity contribution in [2.24, 2.45) is 4.99 Å². The molecule has 0 saturated carbocycles. The van der Waals surface area contributed by atoms with E-state index in [9.17, 15) is 9.90 Å². The number of likely N-dealkylation sites (N-methyl/N-ethyl adjacent to an activating group) is 1. The molecule has 0 saturated heterocycles. The van der Waals surface area contributed by atoms with Crippen LogP contribution < -0.4 is 5.32 Å². The highest BCUT2D eigenvalue weighted by molar-refractivity contribution is 6.31. The molecule has 0 unspecified atom stereocenters. The van der Waals surface area contributed by atoms with E-state index < -0.39 is 0 Å². The molecule has 0 spiro atoms. The molecule has 4 aromatic rings. The van der Waals surface area contributed by atoms with Crippen LogP contribution in [0.25, 0.3) is 10.9 Å². The number of aromatic nitrogens is 1. The summed E-state index contributed by atoms with van der Waals surface area (Å²) in [4.78, 5) is 21.2. The quantitative estimate of drug-likeness (QED) is 0.356. The molecule has 0 aliphatic rings. The molecule has 1 heterocycles. The molecule has 0 bridgehead atoms. The lowest BCUT2D eigenvalue weighted by Crippen LogP contribution is -2.28. The van der Waals surface area contributed by atoms with Crippen LogP contribution in [0.2, 0.25) is 5.02 Å². The number of nitrogens with zero attached hydrogens (tertiary/aromatic N) is 2. The van der Waals surface area contributed by atoms with Crippen molar-refractivity contribution >= 4 is 45.5 Å². The fraction of sp³-hybridized carbons (Fsp3) is 0.120. The molecule has 4 rings (SSSR count). The molecular weight excluding hydrogens is 424 g/mol. The van der Waals surface area contributed by atoms with Gasteiger partial charge in [0.25, 0.3) is 0 Å². The van der Waals surface area contributed by atoms with Gasteiger partial charge in [-0.15, -0.1) is 0 Å². The molecule has 0 radical (unpaired) electrons. The van der Waals surface area contributed by atoms with Gasteiger partial charge < -0.3 is 20.3 Å². The Morgan fingerprint density at radius 1 is 1.06 bits per heavy atom. The Morgan fingerprint density at radius 2 is 1.78 bits per heavy atom. The van der Waals surface area contributed by atoms with Gasteiger partial charge >= 0.3 is 0 Å². The second-order valence-corrected chi connectivity index (χ2v) is 7.99. The van der Waals surface area contributed by atoms with E-state index in [-0.39, 0.29) is 18.3 Å². The number of aromatic hydroxyl groups is 1. The molecule has 1 amide bonds. The van der Waals surface area contributed by atoms with E-state index in [2.05, 4.69) is 10.3 Å². The van der Waals surface area contributed by atoms with E-state index in [0.29, 0.717) is 16.3 Å². The number of aliphatic imine (C=N–C) groups is 1. The van der Waals surface area contributed by atoms with E-state index in [1.807, 2.05) is 60.7 Å². The highest BCUT2D eigenvalue weighted by atomic mass is 35.5. The van der Waals surface area contributed by atoms with Crippen LogP contribution in [0.5, 0.6) is 5.88 Å². The minimum absolute atomic E-state index is 0.00613. The first kappa shape index (κ1) is 21.5. The number of amides is 1. The lowest BCUT2D eigenvalue weighted by Gasteiger charge is -2.12. The van der Waals surface area contributed by atoms with Crippen molar-refractivity contribution in [3.63, 3.8) is 0 Å². The maximum absolute atomic E-state index is 11.8. The SMILES string of the molecule is CN(C)C(=O)CNc1ccc(N=C(c2ccccc2)c2c(O)[nH]c3cc(Cl)ccc23)cc1. The molecule has 162 valence electrons. The second-order valence-electron chi connectivity index (χ2n) is 7.55. The number of aromatic amines is 1. The zero-order chi connectivity index (χ0) is 22.7. The molecule has 0 atom stereocenters. The second kappa shape index (κ2) is 9.16. The predicted octanol–water partition coefficient (Wildman–Crippen LogP) is 5.20. The van der Waals surface area contributed by atoms with Gasteiger partial charge in [0.1, 0.15) is 0 Å². The lowest BCUT2D eigenvalue weighted by atomic mass is 10.0. The van der Waals surface area contributed by atoms with Crippen LogP contribution in [0.1, 0.15) is 11.1 Å². The third-order valence-electron chi connectivity index (χ3n) is 5.08. The first-order valence-corrected chi connectivity index (χ1v) is 10.5. The van der Waals surface area contributed by atoms with Crippen LogP contribution in [0.3, 0.4) is 0 Å². The van der Waals surface area contributed by atoms with Gasteiger partial charge in [0.15, 0.2) is 5.88 Å². The molecule has 7 heteroatoms. The standard InChI is InChI=1S/C25H23ClN4O2/c1-30(2)22(31)15-27-18-9-11-19(12-10-18)28-24(16-6-4-3-5-7-16)23-20-13-8-17(26)14-21(20)29-25(23)32/h3-14,27,29,32H,15H2,1-2H3. The first-order chi connectivity index (χ1) is 15.4. The number of rotatable bonds is 6. The Kier molecular flexibility index (Phi) is 6.14. The number of fused-ring (bicyclic) bond motifs is 1. The van der Waals surface area contributed by atoms with Crippen molar-refractivity contribution in [3.8, 4) is 5.88 Å². The fourth-order valence-electron chi connectivity index (χ4n) is 3.37. The Bertz CT molecular complexity index is 1280. The first-order valence-electron chi connectivity index (χ1n) is 10.1. The van der Waals surface area contributed by atoms with Crippen LogP contribution >= 0.6 is 11.6 Å². The number of H-pyrrole nitrogens is 1. The van der Waals surface area contributed by atoms with Crippen molar-refractivity contribution < 1.29 is 9.90 Å². The van der Waals surface area contributed by atoms with E-state index >= 15 is 0 Å². The van der Waals surface area contributed by atoms with Crippen LogP contribution in [0.4, 0.5) is 11.4 Å². The molecule has 0 aliphatic carbocycles. The maximum atomic E-state index is 11.8. The summed E-state index contributed by atoms with van der Waals surface area (Å²) in [5, 5.41) is 15.2.